The maximum absolute atomic E-state index is 11.5. The lowest BCUT2D eigenvalue weighted by molar-refractivity contribution is -0.138. The first-order chi connectivity index (χ1) is 7.58. The third-order valence-electron chi connectivity index (χ3n) is 3.32. The highest BCUT2D eigenvalue weighted by atomic mass is 16.4. The number of rotatable bonds is 5. The van der Waals surface area contributed by atoms with E-state index in [1.54, 1.807) is 0 Å². The van der Waals surface area contributed by atoms with Gasteiger partial charge in [0.2, 0.25) is 5.91 Å². The number of nitrogens with two attached hydrogens (primary N) is 1. The molecular formula is C11H20N2O3. The fraction of sp³-hybridized carbons (Fsp3) is 0.818. The van der Waals surface area contributed by atoms with E-state index in [0.717, 1.165) is 25.7 Å². The lowest BCUT2D eigenvalue weighted by Crippen LogP contribution is -2.39. The number of aliphatic carboxylic acids is 1. The second kappa shape index (κ2) is 5.84. The lowest BCUT2D eigenvalue weighted by Gasteiger charge is -2.35. The van der Waals surface area contributed by atoms with E-state index in [1.807, 2.05) is 0 Å². The van der Waals surface area contributed by atoms with Gasteiger partial charge >= 0.3 is 5.97 Å². The molecule has 1 amide bonds. The molecule has 1 aliphatic carbocycles. The zero-order valence-corrected chi connectivity index (χ0v) is 9.50. The minimum atomic E-state index is -1.02. The molecule has 0 aliphatic heterocycles. The van der Waals surface area contributed by atoms with E-state index >= 15 is 0 Å². The van der Waals surface area contributed by atoms with Crippen LogP contribution in [-0.4, -0.2) is 30.1 Å². The number of carbonyl (C=O) groups is 2. The molecule has 0 aromatic heterocycles. The van der Waals surface area contributed by atoms with Crippen LogP contribution < -0.4 is 11.1 Å². The molecule has 0 heterocycles. The van der Waals surface area contributed by atoms with E-state index < -0.39 is 5.97 Å². The van der Waals surface area contributed by atoms with E-state index in [9.17, 15) is 9.59 Å². The zero-order valence-electron chi connectivity index (χ0n) is 9.50. The van der Waals surface area contributed by atoms with Crippen LogP contribution in [0.3, 0.4) is 0 Å². The minimum Gasteiger partial charge on any atom is -0.480 e. The second-order valence-electron chi connectivity index (χ2n) is 4.61. The number of amides is 1. The first kappa shape index (κ1) is 13.0. The van der Waals surface area contributed by atoms with Crippen molar-refractivity contribution >= 4 is 11.9 Å². The highest BCUT2D eigenvalue weighted by Crippen LogP contribution is 2.38. The van der Waals surface area contributed by atoms with Gasteiger partial charge < -0.3 is 16.2 Å². The maximum atomic E-state index is 11.5. The molecule has 0 saturated heterocycles. The van der Waals surface area contributed by atoms with Crippen molar-refractivity contribution < 1.29 is 14.7 Å². The molecular weight excluding hydrogens is 208 g/mol. The maximum Gasteiger partial charge on any atom is 0.322 e. The summed E-state index contributed by atoms with van der Waals surface area (Å²) in [5, 5.41) is 10.8. The van der Waals surface area contributed by atoms with Gasteiger partial charge in [-0.25, -0.2) is 0 Å². The summed E-state index contributed by atoms with van der Waals surface area (Å²) in [4.78, 5) is 21.9. The summed E-state index contributed by atoms with van der Waals surface area (Å²) >= 11 is 0. The minimum absolute atomic E-state index is 0.0964. The Morgan fingerprint density at radius 3 is 2.38 bits per heavy atom. The van der Waals surface area contributed by atoms with Crippen molar-refractivity contribution in [1.29, 1.82) is 0 Å². The third kappa shape index (κ3) is 3.81. The van der Waals surface area contributed by atoms with Crippen molar-refractivity contribution in [1.82, 2.24) is 5.32 Å². The van der Waals surface area contributed by atoms with E-state index in [-0.39, 0.29) is 17.9 Å². The Kier molecular flexibility index (Phi) is 4.73. The van der Waals surface area contributed by atoms with Gasteiger partial charge in [-0.05, 0) is 24.8 Å². The molecule has 0 atom stereocenters. The monoisotopic (exact) mass is 228 g/mol. The van der Waals surface area contributed by atoms with E-state index in [1.165, 1.54) is 6.42 Å². The van der Waals surface area contributed by atoms with Crippen LogP contribution in [-0.2, 0) is 9.59 Å². The van der Waals surface area contributed by atoms with Crippen LogP contribution in [0.25, 0.3) is 0 Å². The molecule has 1 aliphatic rings. The normalized spacial score (nSPS) is 19.1. The van der Waals surface area contributed by atoms with Crippen molar-refractivity contribution in [2.75, 3.05) is 13.1 Å². The Balaban J connectivity index is 2.42. The molecule has 0 unspecified atom stereocenters. The summed E-state index contributed by atoms with van der Waals surface area (Å²) < 4.78 is 0. The molecule has 1 saturated carbocycles. The van der Waals surface area contributed by atoms with E-state index in [0.29, 0.717) is 13.0 Å². The lowest BCUT2D eigenvalue weighted by atomic mass is 9.71. The van der Waals surface area contributed by atoms with Crippen molar-refractivity contribution in [3.63, 3.8) is 0 Å². The molecule has 16 heavy (non-hydrogen) atoms. The predicted octanol–water partition coefficient (Wildman–Crippen LogP) is 0.486. The molecule has 0 aromatic rings. The van der Waals surface area contributed by atoms with Gasteiger partial charge in [-0.15, -0.1) is 0 Å². The third-order valence-corrected chi connectivity index (χ3v) is 3.32. The van der Waals surface area contributed by atoms with E-state index in [2.05, 4.69) is 5.32 Å². The van der Waals surface area contributed by atoms with E-state index in [4.69, 9.17) is 10.8 Å². The van der Waals surface area contributed by atoms with Gasteiger partial charge in [0.05, 0.1) is 0 Å². The van der Waals surface area contributed by atoms with Crippen LogP contribution in [0.15, 0.2) is 0 Å². The molecule has 0 radical (unpaired) electrons. The second-order valence-corrected chi connectivity index (χ2v) is 4.61. The van der Waals surface area contributed by atoms with Crippen molar-refractivity contribution in [3.05, 3.63) is 0 Å². The Labute approximate surface area is 95.4 Å². The molecule has 1 fully saturated rings. The van der Waals surface area contributed by atoms with Crippen LogP contribution in [0.1, 0.15) is 38.5 Å². The van der Waals surface area contributed by atoms with Gasteiger partial charge in [0.1, 0.15) is 6.54 Å². The summed E-state index contributed by atoms with van der Waals surface area (Å²) in [6, 6.07) is 0. The van der Waals surface area contributed by atoms with Crippen molar-refractivity contribution in [3.8, 4) is 0 Å². The van der Waals surface area contributed by atoms with Crippen LogP contribution >= 0.6 is 0 Å². The first-order valence-electron chi connectivity index (χ1n) is 5.76. The van der Waals surface area contributed by atoms with Crippen molar-refractivity contribution in [2.45, 2.75) is 38.5 Å². The quantitative estimate of drug-likeness (QED) is 0.638. The number of hydrogen-bond donors (Lipinski definition) is 3. The molecule has 0 bridgehead atoms. The highest BCUT2D eigenvalue weighted by molar-refractivity contribution is 5.81. The van der Waals surface area contributed by atoms with Gasteiger partial charge in [0, 0.05) is 6.42 Å². The SMILES string of the molecule is NCC1(CC(=O)NCC(=O)O)CCCCC1. The molecule has 92 valence electrons. The largest absolute Gasteiger partial charge is 0.480 e. The molecule has 5 heteroatoms. The Bertz CT molecular complexity index is 260. The van der Waals surface area contributed by atoms with Crippen molar-refractivity contribution in [2.24, 2.45) is 11.1 Å². The summed E-state index contributed by atoms with van der Waals surface area (Å²) in [7, 11) is 0. The standard InChI is InChI=1S/C11H20N2O3/c12-8-11(4-2-1-3-5-11)6-9(14)13-7-10(15)16/h1-8,12H2,(H,13,14)(H,15,16). The van der Waals surface area contributed by atoms with Gasteiger partial charge in [0.15, 0.2) is 0 Å². The number of carboxylic acids is 1. The Morgan fingerprint density at radius 1 is 1.25 bits per heavy atom. The molecule has 4 N–H and O–H groups in total. The number of carboxylic acid groups (broad SMARTS) is 1. The highest BCUT2D eigenvalue weighted by Gasteiger charge is 2.32. The fourth-order valence-corrected chi connectivity index (χ4v) is 2.33. The Morgan fingerprint density at radius 2 is 1.88 bits per heavy atom. The summed E-state index contributed by atoms with van der Waals surface area (Å²) in [5.74, 6) is -1.21. The first-order valence-corrected chi connectivity index (χ1v) is 5.76. The fourth-order valence-electron chi connectivity index (χ4n) is 2.33. The molecule has 5 nitrogen and oxygen atoms in total. The predicted molar refractivity (Wildman–Crippen MR) is 59.8 cm³/mol. The van der Waals surface area contributed by atoms with Gasteiger partial charge in [-0.2, -0.15) is 0 Å². The van der Waals surface area contributed by atoms with Gasteiger partial charge in [0.25, 0.3) is 0 Å². The number of carbonyl (C=O) groups excluding carboxylic acids is 1. The molecule has 1 rings (SSSR count). The van der Waals surface area contributed by atoms with Crippen LogP contribution in [0.4, 0.5) is 0 Å². The smallest absolute Gasteiger partial charge is 0.322 e. The van der Waals surface area contributed by atoms with Gasteiger partial charge in [-0.3, -0.25) is 9.59 Å². The average Bonchev–Trinajstić information content (AvgIpc) is 2.28. The Hall–Kier alpha value is -1.10. The van der Waals surface area contributed by atoms with Crippen LogP contribution in [0, 0.1) is 5.41 Å². The topological polar surface area (TPSA) is 92.4 Å². The van der Waals surface area contributed by atoms with Crippen LogP contribution in [0.5, 0.6) is 0 Å². The summed E-state index contributed by atoms with van der Waals surface area (Å²) in [6.45, 7) is 0.201. The van der Waals surface area contributed by atoms with Gasteiger partial charge in [-0.1, -0.05) is 19.3 Å². The number of hydrogen-bond acceptors (Lipinski definition) is 3. The summed E-state index contributed by atoms with van der Waals surface area (Å²) in [5.41, 5.74) is 5.65. The average molecular weight is 228 g/mol. The number of nitrogens with one attached hydrogen (secondary N) is 1. The molecule has 0 spiro atoms. The van der Waals surface area contributed by atoms with Crippen LogP contribution in [0.2, 0.25) is 0 Å². The molecule has 0 aromatic carbocycles. The summed E-state index contributed by atoms with van der Waals surface area (Å²) in [6.07, 6.45) is 5.75. The zero-order chi connectivity index (χ0) is 12.0.